The number of aromatic nitrogens is 4. The van der Waals surface area contributed by atoms with E-state index in [9.17, 15) is 34.8 Å². The van der Waals surface area contributed by atoms with E-state index >= 15 is 0 Å². The molecule has 216 valence electrons. The largest absolute Gasteiger partial charge is 0.433 e. The summed E-state index contributed by atoms with van der Waals surface area (Å²) in [4.78, 5) is 8.23. The molecule has 0 bridgehead atoms. The van der Waals surface area contributed by atoms with Gasteiger partial charge in [-0.05, 0) is 43.2 Å². The number of rotatable bonds is 6. The molecular weight excluding hydrogens is 582 g/mol. The second-order valence-electron chi connectivity index (χ2n) is 8.69. The Hall–Kier alpha value is -4.04. The van der Waals surface area contributed by atoms with Gasteiger partial charge < -0.3 is 10.2 Å². The molecular formula is C25H18F6N4O5S. The van der Waals surface area contributed by atoms with Crippen LogP contribution in [0.4, 0.5) is 26.3 Å². The summed E-state index contributed by atoms with van der Waals surface area (Å²) in [6.07, 6.45) is -9.84. The molecule has 4 rings (SSSR count). The Morgan fingerprint density at radius 2 is 1.61 bits per heavy atom. The Morgan fingerprint density at radius 1 is 0.927 bits per heavy atom. The molecule has 0 aliphatic carbocycles. The van der Waals surface area contributed by atoms with Crippen LogP contribution in [0.5, 0.6) is 0 Å². The number of alkyl halides is 6. The SMILES string of the molecule is O=S(=O)(O)C(CCc1ccc(C#Cc2cnn3c(C(F)(F)F)cc(-c4ccc(C(F)(F)F)cc4)nc23)cn1)C(O)O. The minimum atomic E-state index is -4.88. The molecule has 0 spiro atoms. The minimum absolute atomic E-state index is 0.0100. The summed E-state index contributed by atoms with van der Waals surface area (Å²) >= 11 is 0. The molecule has 1 aromatic carbocycles. The molecule has 0 aliphatic heterocycles. The van der Waals surface area contributed by atoms with Crippen molar-refractivity contribution in [2.24, 2.45) is 0 Å². The normalized spacial score (nSPS) is 13.3. The standard InChI is InChI=1S/C25H18F6N4O5S/c26-24(27,28)17-6-4-15(5-7-17)19-11-21(25(29,30)31)35-22(34-19)16(13-33-35)3-1-14-2-8-18(32-12-14)9-10-20(23(36)37)41(38,39)40/h2,4-8,11-13,20,23,36-37H,9-10H2,(H,38,39,40). The van der Waals surface area contributed by atoms with E-state index in [-0.39, 0.29) is 35.3 Å². The fraction of sp³-hybridized carbons (Fsp3) is 0.240. The second-order valence-corrected chi connectivity index (χ2v) is 10.3. The molecule has 0 amide bonds. The molecule has 16 heteroatoms. The Balaban J connectivity index is 1.64. The maximum Gasteiger partial charge on any atom is 0.433 e. The van der Waals surface area contributed by atoms with Gasteiger partial charge in [-0.2, -0.15) is 39.9 Å². The Labute approximate surface area is 227 Å². The molecule has 0 saturated heterocycles. The monoisotopic (exact) mass is 600 g/mol. The molecule has 3 heterocycles. The van der Waals surface area contributed by atoms with Crippen LogP contribution in [0, 0.1) is 11.8 Å². The van der Waals surface area contributed by atoms with Gasteiger partial charge in [0, 0.05) is 23.0 Å². The molecule has 9 nitrogen and oxygen atoms in total. The molecule has 0 saturated carbocycles. The highest BCUT2D eigenvalue weighted by Crippen LogP contribution is 2.34. The van der Waals surface area contributed by atoms with Gasteiger partial charge in [-0.15, -0.1) is 0 Å². The van der Waals surface area contributed by atoms with Crippen molar-refractivity contribution in [3.63, 3.8) is 0 Å². The lowest BCUT2D eigenvalue weighted by Crippen LogP contribution is -2.34. The van der Waals surface area contributed by atoms with Gasteiger partial charge in [-0.3, -0.25) is 9.54 Å². The lowest BCUT2D eigenvalue weighted by Gasteiger charge is -2.15. The number of fused-ring (bicyclic) bond motifs is 1. The Bertz CT molecular complexity index is 1720. The van der Waals surface area contributed by atoms with Crippen LogP contribution in [0.25, 0.3) is 16.9 Å². The van der Waals surface area contributed by atoms with Gasteiger partial charge in [0.05, 0.1) is 23.0 Å². The van der Waals surface area contributed by atoms with Crippen LogP contribution in [0.2, 0.25) is 0 Å². The van der Waals surface area contributed by atoms with E-state index in [1.54, 1.807) is 0 Å². The Kier molecular flexibility index (Phi) is 8.09. The summed E-state index contributed by atoms with van der Waals surface area (Å²) in [5.74, 6) is 5.33. The van der Waals surface area contributed by atoms with Crippen molar-refractivity contribution in [2.45, 2.75) is 36.7 Å². The number of aliphatic hydroxyl groups excluding tert-OH is 1. The minimum Gasteiger partial charge on any atom is -0.367 e. The molecule has 0 radical (unpaired) electrons. The second kappa shape index (κ2) is 11.1. The zero-order valence-electron chi connectivity index (χ0n) is 20.4. The number of pyridine rings is 1. The van der Waals surface area contributed by atoms with Gasteiger partial charge >= 0.3 is 12.4 Å². The van der Waals surface area contributed by atoms with Gasteiger partial charge in [0.2, 0.25) is 0 Å². The van der Waals surface area contributed by atoms with Gasteiger partial charge in [0.1, 0.15) is 5.25 Å². The van der Waals surface area contributed by atoms with Crippen LogP contribution in [0.15, 0.2) is 54.9 Å². The predicted octanol–water partition coefficient (Wildman–Crippen LogP) is 3.73. The average Bonchev–Trinajstić information content (AvgIpc) is 3.28. The van der Waals surface area contributed by atoms with E-state index in [1.165, 1.54) is 18.3 Å². The summed E-state index contributed by atoms with van der Waals surface area (Å²) < 4.78 is 112. The number of benzene rings is 1. The van der Waals surface area contributed by atoms with Gasteiger partial charge in [0.15, 0.2) is 17.6 Å². The lowest BCUT2D eigenvalue weighted by molar-refractivity contribution is -0.142. The van der Waals surface area contributed by atoms with Crippen molar-refractivity contribution in [1.29, 1.82) is 0 Å². The fourth-order valence-electron chi connectivity index (χ4n) is 3.76. The van der Waals surface area contributed by atoms with Crippen molar-refractivity contribution < 1.29 is 49.5 Å². The smallest absolute Gasteiger partial charge is 0.367 e. The number of nitrogens with zero attached hydrogens (tertiary/aromatic N) is 4. The predicted molar refractivity (Wildman–Crippen MR) is 131 cm³/mol. The third-order valence-corrected chi connectivity index (χ3v) is 7.08. The first-order valence-corrected chi connectivity index (χ1v) is 13.0. The summed E-state index contributed by atoms with van der Waals surface area (Å²) in [6, 6.07) is 7.08. The van der Waals surface area contributed by atoms with Crippen molar-refractivity contribution >= 4 is 15.8 Å². The van der Waals surface area contributed by atoms with Crippen molar-refractivity contribution in [3.05, 3.63) is 82.9 Å². The van der Waals surface area contributed by atoms with Crippen molar-refractivity contribution in [3.8, 4) is 23.1 Å². The maximum atomic E-state index is 13.8. The third kappa shape index (κ3) is 7.00. The zero-order chi connectivity index (χ0) is 30.2. The van der Waals surface area contributed by atoms with Crippen molar-refractivity contribution in [2.75, 3.05) is 0 Å². The summed E-state index contributed by atoms with van der Waals surface area (Å²) in [5, 5.41) is 20.2. The van der Waals surface area contributed by atoms with E-state index in [2.05, 4.69) is 26.9 Å². The first kappa shape index (κ1) is 29.9. The first-order valence-electron chi connectivity index (χ1n) is 11.5. The third-order valence-electron chi connectivity index (χ3n) is 5.84. The highest BCUT2D eigenvalue weighted by atomic mass is 32.2. The number of hydrogen-bond acceptors (Lipinski definition) is 7. The first-order chi connectivity index (χ1) is 19.0. The molecule has 1 atom stereocenters. The topological polar surface area (TPSA) is 138 Å². The van der Waals surface area contributed by atoms with Gasteiger partial charge in [-0.1, -0.05) is 24.0 Å². The highest BCUT2D eigenvalue weighted by molar-refractivity contribution is 7.86. The number of aryl methyl sites for hydroxylation is 1. The van der Waals surface area contributed by atoms with Crippen LogP contribution in [-0.2, 0) is 28.9 Å². The van der Waals surface area contributed by atoms with Crippen LogP contribution >= 0.6 is 0 Å². The van der Waals surface area contributed by atoms with Crippen LogP contribution in [-0.4, -0.2) is 54.3 Å². The average molecular weight is 600 g/mol. The van der Waals surface area contributed by atoms with E-state index in [4.69, 9.17) is 14.8 Å². The highest BCUT2D eigenvalue weighted by Gasteiger charge is 2.36. The number of aliphatic hydroxyl groups is 2. The zero-order valence-corrected chi connectivity index (χ0v) is 21.2. The van der Waals surface area contributed by atoms with E-state index in [1.807, 2.05) is 0 Å². The van der Waals surface area contributed by atoms with E-state index in [0.29, 0.717) is 21.8 Å². The van der Waals surface area contributed by atoms with E-state index < -0.39 is 45.3 Å². The summed E-state index contributed by atoms with van der Waals surface area (Å²) in [7, 11) is -4.71. The van der Waals surface area contributed by atoms with Gasteiger partial charge in [0.25, 0.3) is 10.1 Å². The molecule has 0 fully saturated rings. The van der Waals surface area contributed by atoms with E-state index in [0.717, 1.165) is 30.5 Å². The maximum absolute atomic E-state index is 13.8. The molecule has 3 aromatic heterocycles. The lowest BCUT2D eigenvalue weighted by atomic mass is 10.1. The number of halogens is 6. The Morgan fingerprint density at radius 3 is 2.15 bits per heavy atom. The summed E-state index contributed by atoms with van der Waals surface area (Å²) in [5.41, 5.74) is -2.09. The van der Waals surface area contributed by atoms with Crippen molar-refractivity contribution in [1.82, 2.24) is 19.6 Å². The quantitative estimate of drug-likeness (QED) is 0.132. The number of hydrogen-bond donors (Lipinski definition) is 3. The molecule has 1 unspecified atom stereocenters. The molecule has 0 aliphatic rings. The molecule has 4 aromatic rings. The van der Waals surface area contributed by atoms with Gasteiger partial charge in [-0.25, -0.2) is 9.50 Å². The molecule has 41 heavy (non-hydrogen) atoms. The van der Waals surface area contributed by atoms with Crippen LogP contribution < -0.4 is 0 Å². The van der Waals surface area contributed by atoms with Crippen LogP contribution in [0.3, 0.4) is 0 Å². The van der Waals surface area contributed by atoms with Crippen LogP contribution in [0.1, 0.15) is 34.5 Å². The molecule has 3 N–H and O–H groups in total. The fourth-order valence-corrected chi connectivity index (χ4v) is 4.48. The summed E-state index contributed by atoms with van der Waals surface area (Å²) in [6.45, 7) is 0.